The first-order valence-electron chi connectivity index (χ1n) is 10.1. The van der Waals surface area contributed by atoms with Crippen LogP contribution in [0, 0.1) is 5.82 Å². The second kappa shape index (κ2) is 11.6. The molecule has 0 atom stereocenters. The topological polar surface area (TPSA) is 52.7 Å². The number of carbonyl (C=O) groups excluding carboxylic acids is 2. The highest BCUT2D eigenvalue weighted by Gasteiger charge is 2.18. The van der Waals surface area contributed by atoms with Gasteiger partial charge in [0.2, 0.25) is 5.91 Å². The van der Waals surface area contributed by atoms with Gasteiger partial charge in [0.1, 0.15) is 5.82 Å². The van der Waals surface area contributed by atoms with E-state index in [-0.39, 0.29) is 17.6 Å². The minimum Gasteiger partial charge on any atom is -0.377 e. The van der Waals surface area contributed by atoms with E-state index in [0.29, 0.717) is 43.1 Å². The molecule has 0 aromatic heterocycles. The van der Waals surface area contributed by atoms with Crippen LogP contribution in [0.1, 0.15) is 42.1 Å². The first-order chi connectivity index (χ1) is 14.3. The van der Waals surface area contributed by atoms with Gasteiger partial charge in [0.25, 0.3) is 5.91 Å². The van der Waals surface area contributed by atoms with E-state index in [1.807, 2.05) is 44.1 Å². The maximum absolute atomic E-state index is 13.2. The molecule has 2 aromatic carbocycles. The lowest BCUT2D eigenvalue weighted by atomic mass is 10.1. The number of hydrogen-bond acceptors (Lipinski definition) is 3. The molecule has 1 N–H and O–H groups in total. The van der Waals surface area contributed by atoms with Gasteiger partial charge in [-0.25, -0.2) is 4.39 Å². The zero-order valence-corrected chi connectivity index (χ0v) is 18.5. The van der Waals surface area contributed by atoms with Gasteiger partial charge in [0, 0.05) is 56.4 Å². The number of anilines is 2. The van der Waals surface area contributed by atoms with Crippen molar-refractivity contribution in [2.75, 3.05) is 36.7 Å². The maximum Gasteiger partial charge on any atom is 0.254 e. The van der Waals surface area contributed by atoms with E-state index in [1.54, 1.807) is 4.90 Å². The van der Waals surface area contributed by atoms with Gasteiger partial charge in [-0.05, 0) is 60.9 Å². The fourth-order valence-corrected chi connectivity index (χ4v) is 3.31. The Kier molecular flexibility index (Phi) is 9.12. The van der Waals surface area contributed by atoms with Gasteiger partial charge < -0.3 is 15.1 Å². The quantitative estimate of drug-likeness (QED) is 0.542. The average Bonchev–Trinajstić information content (AvgIpc) is 2.72. The molecule has 0 saturated carbocycles. The van der Waals surface area contributed by atoms with Gasteiger partial charge in [-0.2, -0.15) is 0 Å². The Balaban J connectivity index is 2.28. The molecule has 0 spiro atoms. The third-order valence-corrected chi connectivity index (χ3v) is 4.88. The number of hydrogen-bond donors (Lipinski definition) is 1. The predicted octanol–water partition coefficient (Wildman–Crippen LogP) is 4.90. The highest BCUT2D eigenvalue weighted by Crippen LogP contribution is 2.25. The lowest BCUT2D eigenvalue weighted by Gasteiger charge is -2.26. The van der Waals surface area contributed by atoms with Crippen LogP contribution in [-0.2, 0) is 11.3 Å². The molecular weight excluding hydrogens is 405 g/mol. The molecule has 2 rings (SSSR count). The molecule has 0 fully saturated rings. The molecule has 162 valence electrons. The van der Waals surface area contributed by atoms with Gasteiger partial charge in [-0.15, -0.1) is 11.6 Å². The monoisotopic (exact) mass is 433 g/mol. The molecule has 0 aliphatic heterocycles. The zero-order valence-electron chi connectivity index (χ0n) is 17.8. The van der Waals surface area contributed by atoms with Crippen LogP contribution in [0.5, 0.6) is 0 Å². The van der Waals surface area contributed by atoms with E-state index in [0.717, 1.165) is 17.7 Å². The van der Waals surface area contributed by atoms with Gasteiger partial charge >= 0.3 is 0 Å². The minimum atomic E-state index is -0.374. The second-order valence-electron chi connectivity index (χ2n) is 7.31. The largest absolute Gasteiger partial charge is 0.377 e. The predicted molar refractivity (Wildman–Crippen MR) is 121 cm³/mol. The molecule has 0 heterocycles. The summed E-state index contributed by atoms with van der Waals surface area (Å²) in [6.07, 6.45) is 1.77. The number of amides is 2. The first kappa shape index (κ1) is 23.7. The fourth-order valence-electron chi connectivity index (χ4n) is 3.18. The molecule has 2 aromatic rings. The number of nitrogens with one attached hydrogen (secondary N) is 1. The van der Waals surface area contributed by atoms with Crippen molar-refractivity contribution in [1.82, 2.24) is 4.90 Å². The summed E-state index contributed by atoms with van der Waals surface area (Å²) in [4.78, 5) is 28.8. The molecule has 30 heavy (non-hydrogen) atoms. The molecule has 5 nitrogen and oxygen atoms in total. The molecule has 0 saturated heterocycles. The van der Waals surface area contributed by atoms with Crippen molar-refractivity contribution in [3.05, 3.63) is 59.4 Å². The van der Waals surface area contributed by atoms with Crippen LogP contribution in [0.3, 0.4) is 0 Å². The molecule has 0 aliphatic carbocycles. The summed E-state index contributed by atoms with van der Waals surface area (Å²) in [5.41, 5.74) is 3.00. The van der Waals surface area contributed by atoms with Crippen LogP contribution in [-0.4, -0.2) is 43.2 Å². The van der Waals surface area contributed by atoms with E-state index in [4.69, 9.17) is 11.6 Å². The van der Waals surface area contributed by atoms with Crippen molar-refractivity contribution in [2.24, 2.45) is 0 Å². The van der Waals surface area contributed by atoms with Crippen molar-refractivity contribution < 1.29 is 14.0 Å². The summed E-state index contributed by atoms with van der Waals surface area (Å²) in [5.74, 6) is -0.179. The standard InChI is InChI=1S/C23H29ClFN3O2/c1-4-14-28(23(30)17-7-9-19(25)10-8-17)16-18-15-20(11-12-21(18)27(2)3)26-22(29)6-5-13-24/h7-12,15H,4-6,13-14,16H2,1-3H3,(H,26,29). The Morgan fingerprint density at radius 3 is 2.40 bits per heavy atom. The van der Waals surface area contributed by atoms with E-state index in [9.17, 15) is 14.0 Å². The van der Waals surface area contributed by atoms with Crippen LogP contribution < -0.4 is 10.2 Å². The average molecular weight is 434 g/mol. The summed E-state index contributed by atoms with van der Waals surface area (Å²) in [6, 6.07) is 11.3. The van der Waals surface area contributed by atoms with E-state index in [2.05, 4.69) is 5.32 Å². The summed E-state index contributed by atoms with van der Waals surface area (Å²) in [5, 5.41) is 2.89. The summed E-state index contributed by atoms with van der Waals surface area (Å²) < 4.78 is 13.2. The molecule has 7 heteroatoms. The fraction of sp³-hybridized carbons (Fsp3) is 0.391. The number of benzene rings is 2. The number of carbonyl (C=O) groups is 2. The molecule has 0 unspecified atom stereocenters. The highest BCUT2D eigenvalue weighted by atomic mass is 35.5. The zero-order chi connectivity index (χ0) is 22.1. The number of rotatable bonds is 10. The van der Waals surface area contributed by atoms with Gasteiger partial charge in [-0.3, -0.25) is 9.59 Å². The van der Waals surface area contributed by atoms with Crippen LogP contribution >= 0.6 is 11.6 Å². The molecular formula is C23H29ClFN3O2. The van der Waals surface area contributed by atoms with E-state index in [1.165, 1.54) is 24.3 Å². The second-order valence-corrected chi connectivity index (χ2v) is 7.69. The lowest BCUT2D eigenvalue weighted by molar-refractivity contribution is -0.116. The third-order valence-electron chi connectivity index (χ3n) is 4.62. The minimum absolute atomic E-state index is 0.0907. The molecule has 0 radical (unpaired) electrons. The van der Waals surface area contributed by atoms with Gasteiger partial charge in [0.05, 0.1) is 0 Å². The van der Waals surface area contributed by atoms with Crippen LogP contribution in [0.15, 0.2) is 42.5 Å². The number of alkyl halides is 1. The maximum atomic E-state index is 13.2. The smallest absolute Gasteiger partial charge is 0.254 e. The normalized spacial score (nSPS) is 10.6. The Morgan fingerprint density at radius 1 is 1.10 bits per heavy atom. The summed E-state index contributed by atoms with van der Waals surface area (Å²) in [6.45, 7) is 2.95. The summed E-state index contributed by atoms with van der Waals surface area (Å²) >= 11 is 5.66. The Hall–Kier alpha value is -2.60. The van der Waals surface area contributed by atoms with Crippen molar-refractivity contribution in [2.45, 2.75) is 32.7 Å². The van der Waals surface area contributed by atoms with Crippen LogP contribution in [0.25, 0.3) is 0 Å². The molecule has 0 bridgehead atoms. The highest BCUT2D eigenvalue weighted by molar-refractivity contribution is 6.18. The van der Waals surface area contributed by atoms with E-state index >= 15 is 0 Å². The SMILES string of the molecule is CCCN(Cc1cc(NC(=O)CCCCl)ccc1N(C)C)C(=O)c1ccc(F)cc1. The Labute approximate surface area is 182 Å². The lowest BCUT2D eigenvalue weighted by Crippen LogP contribution is -2.32. The number of nitrogens with zero attached hydrogens (tertiary/aromatic N) is 2. The van der Waals surface area contributed by atoms with E-state index < -0.39 is 0 Å². The van der Waals surface area contributed by atoms with Crippen LogP contribution in [0.2, 0.25) is 0 Å². The molecule has 0 aliphatic rings. The van der Waals surface area contributed by atoms with Crippen LogP contribution in [0.4, 0.5) is 15.8 Å². The van der Waals surface area contributed by atoms with Crippen molar-refractivity contribution in [1.29, 1.82) is 0 Å². The Bertz CT molecular complexity index is 856. The molecule has 2 amide bonds. The third kappa shape index (κ3) is 6.73. The van der Waals surface area contributed by atoms with Crippen molar-refractivity contribution >= 4 is 34.8 Å². The van der Waals surface area contributed by atoms with Gasteiger partial charge in [0.15, 0.2) is 0 Å². The Morgan fingerprint density at radius 2 is 1.80 bits per heavy atom. The number of halogens is 2. The summed E-state index contributed by atoms with van der Waals surface area (Å²) in [7, 11) is 3.87. The van der Waals surface area contributed by atoms with Crippen molar-refractivity contribution in [3.63, 3.8) is 0 Å². The first-order valence-corrected chi connectivity index (χ1v) is 10.6. The van der Waals surface area contributed by atoms with Gasteiger partial charge in [-0.1, -0.05) is 6.92 Å². The van der Waals surface area contributed by atoms with Crippen molar-refractivity contribution in [3.8, 4) is 0 Å².